The van der Waals surface area contributed by atoms with Crippen molar-refractivity contribution in [3.63, 3.8) is 0 Å². The molecule has 1 fully saturated rings. The Balaban J connectivity index is 1.82. The highest BCUT2D eigenvalue weighted by Crippen LogP contribution is 2.33. The first kappa shape index (κ1) is 11.8. The summed E-state index contributed by atoms with van der Waals surface area (Å²) < 4.78 is 0. The number of pyridine rings is 1. The maximum atomic E-state index is 9.87. The van der Waals surface area contributed by atoms with Gasteiger partial charge in [0.25, 0.3) is 0 Å². The number of aliphatic hydroxyl groups is 1. The minimum atomic E-state index is -0.250. The van der Waals surface area contributed by atoms with E-state index in [1.807, 2.05) is 24.3 Å². The molecular weight excluding hydrogens is 248 g/mol. The molecule has 1 aliphatic carbocycles. The number of aliphatic hydroxyl groups excluding tert-OH is 1. The molecule has 1 saturated carbocycles. The SMILES string of the molecule is OC(CNc1ccnc2cc(Cl)ccc12)C1CC1. The zero-order valence-corrected chi connectivity index (χ0v) is 10.7. The Hall–Kier alpha value is -1.32. The lowest BCUT2D eigenvalue weighted by Crippen LogP contribution is -2.21. The van der Waals surface area contributed by atoms with Crippen molar-refractivity contribution < 1.29 is 5.11 Å². The van der Waals surface area contributed by atoms with Crippen LogP contribution in [-0.4, -0.2) is 22.7 Å². The first-order valence-corrected chi connectivity index (χ1v) is 6.58. The number of aromatic nitrogens is 1. The van der Waals surface area contributed by atoms with Gasteiger partial charge in [0.2, 0.25) is 0 Å². The van der Waals surface area contributed by atoms with Gasteiger partial charge >= 0.3 is 0 Å². The average Bonchev–Trinajstić information content (AvgIpc) is 3.19. The lowest BCUT2D eigenvalue weighted by atomic mass is 10.1. The highest BCUT2D eigenvalue weighted by Gasteiger charge is 2.29. The normalized spacial score (nSPS) is 16.8. The van der Waals surface area contributed by atoms with Gasteiger partial charge in [-0.1, -0.05) is 11.6 Å². The van der Waals surface area contributed by atoms with E-state index in [9.17, 15) is 5.11 Å². The van der Waals surface area contributed by atoms with E-state index in [0.29, 0.717) is 17.5 Å². The van der Waals surface area contributed by atoms with Crippen molar-refractivity contribution in [2.75, 3.05) is 11.9 Å². The topological polar surface area (TPSA) is 45.1 Å². The number of hydrogen-bond acceptors (Lipinski definition) is 3. The summed E-state index contributed by atoms with van der Waals surface area (Å²) in [6.45, 7) is 0.590. The third-order valence-corrected chi connectivity index (χ3v) is 3.61. The number of fused-ring (bicyclic) bond motifs is 1. The number of rotatable bonds is 4. The molecule has 0 saturated heterocycles. The molecule has 0 amide bonds. The molecule has 0 radical (unpaired) electrons. The molecule has 1 unspecified atom stereocenters. The van der Waals surface area contributed by atoms with Gasteiger partial charge in [0.05, 0.1) is 11.6 Å². The zero-order valence-electron chi connectivity index (χ0n) is 9.94. The highest BCUT2D eigenvalue weighted by atomic mass is 35.5. The van der Waals surface area contributed by atoms with Crippen molar-refractivity contribution in [2.45, 2.75) is 18.9 Å². The monoisotopic (exact) mass is 262 g/mol. The summed E-state index contributed by atoms with van der Waals surface area (Å²) in [5, 5.41) is 14.9. The number of anilines is 1. The van der Waals surface area contributed by atoms with Gasteiger partial charge < -0.3 is 10.4 Å². The first-order valence-electron chi connectivity index (χ1n) is 6.20. The van der Waals surface area contributed by atoms with Crippen LogP contribution in [0.25, 0.3) is 10.9 Å². The standard InChI is InChI=1S/C14H15ClN2O/c15-10-3-4-11-12(5-6-16-13(11)7-10)17-8-14(18)9-1-2-9/h3-7,9,14,18H,1-2,8H2,(H,16,17). The molecule has 1 aromatic heterocycles. The van der Waals surface area contributed by atoms with Gasteiger partial charge in [-0.3, -0.25) is 4.98 Å². The van der Waals surface area contributed by atoms with Crippen LogP contribution in [0.4, 0.5) is 5.69 Å². The van der Waals surface area contributed by atoms with Gasteiger partial charge in [-0.05, 0) is 43.0 Å². The summed E-state index contributed by atoms with van der Waals surface area (Å²) >= 11 is 5.95. The van der Waals surface area contributed by atoms with Gasteiger partial charge in [-0.2, -0.15) is 0 Å². The minimum absolute atomic E-state index is 0.250. The Kier molecular flexibility index (Phi) is 3.10. The first-order chi connectivity index (χ1) is 8.74. The molecule has 3 rings (SSSR count). The molecule has 2 aromatic rings. The van der Waals surface area contributed by atoms with E-state index >= 15 is 0 Å². The molecule has 1 heterocycles. The van der Waals surface area contributed by atoms with Gasteiger partial charge in [0.15, 0.2) is 0 Å². The largest absolute Gasteiger partial charge is 0.391 e. The van der Waals surface area contributed by atoms with Crippen molar-refractivity contribution in [2.24, 2.45) is 5.92 Å². The van der Waals surface area contributed by atoms with Crippen LogP contribution in [0, 0.1) is 5.92 Å². The Morgan fingerprint density at radius 3 is 3.00 bits per heavy atom. The second-order valence-corrected chi connectivity index (χ2v) is 5.24. The van der Waals surface area contributed by atoms with Crippen molar-refractivity contribution in [3.8, 4) is 0 Å². The number of hydrogen-bond donors (Lipinski definition) is 2. The van der Waals surface area contributed by atoms with Crippen LogP contribution in [0.3, 0.4) is 0 Å². The van der Waals surface area contributed by atoms with Crippen molar-refractivity contribution in [1.82, 2.24) is 4.98 Å². The average molecular weight is 263 g/mol. The Labute approximate surface area is 111 Å². The Morgan fingerprint density at radius 2 is 2.22 bits per heavy atom. The second-order valence-electron chi connectivity index (χ2n) is 4.81. The van der Waals surface area contributed by atoms with Crippen molar-refractivity contribution in [1.29, 1.82) is 0 Å². The molecule has 0 spiro atoms. The maximum absolute atomic E-state index is 9.87. The predicted octanol–water partition coefficient (Wildman–Crippen LogP) is 3.07. The molecule has 18 heavy (non-hydrogen) atoms. The van der Waals surface area contributed by atoms with E-state index < -0.39 is 0 Å². The highest BCUT2D eigenvalue weighted by molar-refractivity contribution is 6.31. The fraction of sp³-hybridized carbons (Fsp3) is 0.357. The van der Waals surface area contributed by atoms with Crippen molar-refractivity contribution in [3.05, 3.63) is 35.5 Å². The summed E-state index contributed by atoms with van der Waals surface area (Å²) in [5.41, 5.74) is 1.87. The van der Waals surface area contributed by atoms with E-state index in [4.69, 9.17) is 11.6 Å². The summed E-state index contributed by atoms with van der Waals surface area (Å²) in [6.07, 6.45) is 3.80. The molecule has 94 valence electrons. The van der Waals surface area contributed by atoms with E-state index in [0.717, 1.165) is 29.4 Å². The van der Waals surface area contributed by atoms with Crippen molar-refractivity contribution >= 4 is 28.2 Å². The molecular formula is C14H15ClN2O. The second kappa shape index (κ2) is 4.75. The zero-order chi connectivity index (χ0) is 12.5. The van der Waals surface area contributed by atoms with Gasteiger partial charge in [0, 0.05) is 28.8 Å². The molecule has 4 heteroatoms. The fourth-order valence-electron chi connectivity index (χ4n) is 2.14. The van der Waals surface area contributed by atoms with Crippen LogP contribution in [0.5, 0.6) is 0 Å². The van der Waals surface area contributed by atoms with Crippen LogP contribution in [0.2, 0.25) is 5.02 Å². The maximum Gasteiger partial charge on any atom is 0.0740 e. The molecule has 3 nitrogen and oxygen atoms in total. The Morgan fingerprint density at radius 1 is 1.39 bits per heavy atom. The summed E-state index contributed by atoms with van der Waals surface area (Å²) in [4.78, 5) is 4.29. The molecule has 1 atom stereocenters. The van der Waals surface area contributed by atoms with E-state index in [-0.39, 0.29) is 6.10 Å². The minimum Gasteiger partial charge on any atom is -0.391 e. The quantitative estimate of drug-likeness (QED) is 0.890. The van der Waals surface area contributed by atoms with Gasteiger partial charge in [0.1, 0.15) is 0 Å². The molecule has 2 N–H and O–H groups in total. The van der Waals surface area contributed by atoms with Crippen LogP contribution < -0.4 is 5.32 Å². The smallest absolute Gasteiger partial charge is 0.0740 e. The number of halogens is 1. The molecule has 1 aliphatic rings. The Bertz CT molecular complexity index is 569. The molecule has 0 aliphatic heterocycles. The lowest BCUT2D eigenvalue weighted by molar-refractivity contribution is 0.164. The third kappa shape index (κ3) is 2.42. The van der Waals surface area contributed by atoms with E-state index in [1.54, 1.807) is 6.20 Å². The predicted molar refractivity (Wildman–Crippen MR) is 74.0 cm³/mol. The number of nitrogens with one attached hydrogen (secondary N) is 1. The molecule has 1 aromatic carbocycles. The van der Waals surface area contributed by atoms with E-state index in [2.05, 4.69) is 10.3 Å². The summed E-state index contributed by atoms with van der Waals surface area (Å²) in [7, 11) is 0. The van der Waals surface area contributed by atoms with Crippen LogP contribution >= 0.6 is 11.6 Å². The van der Waals surface area contributed by atoms with E-state index in [1.165, 1.54) is 0 Å². The van der Waals surface area contributed by atoms with Gasteiger partial charge in [-0.15, -0.1) is 0 Å². The van der Waals surface area contributed by atoms with Crippen LogP contribution in [0.1, 0.15) is 12.8 Å². The van der Waals surface area contributed by atoms with Crippen LogP contribution in [-0.2, 0) is 0 Å². The number of benzene rings is 1. The number of nitrogens with zero attached hydrogens (tertiary/aromatic N) is 1. The molecule has 0 bridgehead atoms. The van der Waals surface area contributed by atoms with Crippen LogP contribution in [0.15, 0.2) is 30.5 Å². The third-order valence-electron chi connectivity index (χ3n) is 3.37. The summed E-state index contributed by atoms with van der Waals surface area (Å²) in [5.74, 6) is 0.486. The lowest BCUT2D eigenvalue weighted by Gasteiger charge is -2.13. The summed E-state index contributed by atoms with van der Waals surface area (Å²) in [6, 6.07) is 7.58. The fourth-order valence-corrected chi connectivity index (χ4v) is 2.30. The van der Waals surface area contributed by atoms with Gasteiger partial charge in [-0.25, -0.2) is 0 Å².